The van der Waals surface area contributed by atoms with Gasteiger partial charge in [0.15, 0.2) is 6.29 Å². The lowest BCUT2D eigenvalue weighted by Crippen LogP contribution is -2.60. The highest BCUT2D eigenvalue weighted by atomic mass is 32.3. The van der Waals surface area contributed by atoms with E-state index in [1.807, 2.05) is 0 Å². The predicted octanol–water partition coefficient (Wildman–Crippen LogP) is 16.2. The normalized spacial score (nSPS) is 18.8. The van der Waals surface area contributed by atoms with Crippen LogP contribution in [0.4, 0.5) is 0 Å². The molecule has 1 aliphatic heterocycles. The summed E-state index contributed by atoms with van der Waals surface area (Å²) < 4.78 is 59.6. The van der Waals surface area contributed by atoms with Gasteiger partial charge >= 0.3 is 16.4 Å². The highest BCUT2D eigenvalue weighted by molar-refractivity contribution is 7.80. The second-order valence-corrected chi connectivity index (χ2v) is 22.7. The number of unbranched alkanes of at least 4 members (excludes halogenated alkanes) is 35. The highest BCUT2D eigenvalue weighted by Crippen LogP contribution is 2.26. The number of esters is 1. The van der Waals surface area contributed by atoms with Gasteiger partial charge in [-0.2, -0.15) is 8.42 Å². The van der Waals surface area contributed by atoms with Gasteiger partial charge in [-0.15, -0.1) is 0 Å². The molecule has 1 heterocycles. The molecular formula is C63H116O12S. The molecule has 0 aromatic heterocycles. The Balaban J connectivity index is 2.26. The number of aliphatic hydroxyl groups is 3. The van der Waals surface area contributed by atoms with Crippen LogP contribution in [0.5, 0.6) is 0 Å². The first-order valence-corrected chi connectivity index (χ1v) is 32.8. The van der Waals surface area contributed by atoms with Crippen molar-refractivity contribution in [3.8, 4) is 0 Å². The largest absolute Gasteiger partial charge is 0.457 e. The Morgan fingerprint density at radius 3 is 1.25 bits per heavy atom. The molecule has 1 aliphatic rings. The van der Waals surface area contributed by atoms with Crippen molar-refractivity contribution in [1.29, 1.82) is 0 Å². The van der Waals surface area contributed by atoms with Crippen molar-refractivity contribution in [3.63, 3.8) is 0 Å². The molecule has 0 radical (unpaired) electrons. The van der Waals surface area contributed by atoms with Crippen molar-refractivity contribution in [1.82, 2.24) is 0 Å². The summed E-state index contributed by atoms with van der Waals surface area (Å²) in [7, 11) is -5.07. The first kappa shape index (κ1) is 72.1. The lowest BCUT2D eigenvalue weighted by Gasteiger charge is -2.41. The Bertz CT molecular complexity index is 1500. The Morgan fingerprint density at radius 1 is 0.500 bits per heavy atom. The van der Waals surface area contributed by atoms with E-state index >= 15 is 0 Å². The maximum Gasteiger partial charge on any atom is 0.397 e. The highest BCUT2D eigenvalue weighted by Gasteiger charge is 2.48. The van der Waals surface area contributed by atoms with Crippen LogP contribution in [0.1, 0.15) is 284 Å². The second-order valence-electron chi connectivity index (χ2n) is 21.6. The first-order chi connectivity index (χ1) is 37.1. The molecule has 0 aliphatic carbocycles. The number of ether oxygens (including phenoxy) is 4. The Labute approximate surface area is 466 Å². The van der Waals surface area contributed by atoms with E-state index in [9.17, 15) is 33.1 Å². The molecule has 6 unspecified atom stereocenters. The zero-order valence-corrected chi connectivity index (χ0v) is 49.4. The average molecular weight is 1100 g/mol. The van der Waals surface area contributed by atoms with Crippen LogP contribution < -0.4 is 0 Å². The predicted molar refractivity (Wildman–Crippen MR) is 313 cm³/mol. The van der Waals surface area contributed by atoms with E-state index in [4.69, 9.17) is 18.9 Å². The fourth-order valence-corrected chi connectivity index (χ4v) is 10.2. The molecule has 76 heavy (non-hydrogen) atoms. The molecule has 446 valence electrons. The maximum absolute atomic E-state index is 13.0. The quantitative estimate of drug-likeness (QED) is 0.0196. The van der Waals surface area contributed by atoms with E-state index in [-0.39, 0.29) is 19.6 Å². The van der Waals surface area contributed by atoms with E-state index in [0.717, 1.165) is 51.4 Å². The van der Waals surface area contributed by atoms with Gasteiger partial charge in [0, 0.05) is 13.0 Å². The number of hydrogen-bond acceptors (Lipinski definition) is 11. The van der Waals surface area contributed by atoms with Crippen LogP contribution in [0, 0.1) is 0 Å². The van der Waals surface area contributed by atoms with Gasteiger partial charge in [-0.3, -0.25) is 9.35 Å². The van der Waals surface area contributed by atoms with Gasteiger partial charge in [0.1, 0.15) is 30.5 Å². The fraction of sp³-hybridized carbons (Fsp3) is 0.857. The molecular weight excluding hydrogens is 981 g/mol. The van der Waals surface area contributed by atoms with Crippen LogP contribution in [-0.4, -0.2) is 97.5 Å². The molecule has 1 fully saturated rings. The zero-order chi connectivity index (χ0) is 55.3. The van der Waals surface area contributed by atoms with E-state index in [0.29, 0.717) is 13.0 Å². The van der Waals surface area contributed by atoms with Crippen LogP contribution in [0.25, 0.3) is 0 Å². The summed E-state index contributed by atoms with van der Waals surface area (Å²) in [5.41, 5.74) is 0. The summed E-state index contributed by atoms with van der Waals surface area (Å²) >= 11 is 0. The van der Waals surface area contributed by atoms with Crippen LogP contribution in [0.15, 0.2) is 48.6 Å². The number of carbonyl (C=O) groups excluding carboxylic acids is 1. The Morgan fingerprint density at radius 2 is 0.868 bits per heavy atom. The van der Waals surface area contributed by atoms with Gasteiger partial charge in [0.2, 0.25) is 0 Å². The number of rotatable bonds is 56. The molecule has 1 saturated heterocycles. The van der Waals surface area contributed by atoms with Crippen molar-refractivity contribution in [3.05, 3.63) is 48.6 Å². The Kier molecular flexibility index (Phi) is 50.9. The second kappa shape index (κ2) is 53.7. The summed E-state index contributed by atoms with van der Waals surface area (Å²) in [6.45, 7) is 4.02. The van der Waals surface area contributed by atoms with Gasteiger partial charge < -0.3 is 34.3 Å². The van der Waals surface area contributed by atoms with Crippen molar-refractivity contribution >= 4 is 16.4 Å². The molecule has 0 bridgehead atoms. The molecule has 12 nitrogen and oxygen atoms in total. The van der Waals surface area contributed by atoms with Crippen molar-refractivity contribution < 1.29 is 56.2 Å². The number of carbonyl (C=O) groups is 1. The topological polar surface area (TPSA) is 178 Å². The minimum absolute atomic E-state index is 0.0362. The first-order valence-electron chi connectivity index (χ1n) is 31.4. The SMILES string of the molecule is CCCCCCC/C=C\C/C=C\CCCCCCCCCCCCCCCC(=O)OC(COCCCCCCCCCCCCCC/C=C\C/C=C\CCCCCCC)COC1OC(CO)C(O)C(OS(=O)(=O)O)C1O. The summed E-state index contributed by atoms with van der Waals surface area (Å²) in [6, 6.07) is 0. The molecule has 13 heteroatoms. The third-order valence-corrected chi connectivity index (χ3v) is 14.9. The summed E-state index contributed by atoms with van der Waals surface area (Å²) in [5.74, 6) is -0.396. The van der Waals surface area contributed by atoms with Gasteiger partial charge in [0.05, 0.1) is 19.8 Å². The van der Waals surface area contributed by atoms with Gasteiger partial charge in [0.25, 0.3) is 0 Å². The fourth-order valence-electron chi connectivity index (χ4n) is 9.68. The lowest BCUT2D eigenvalue weighted by molar-refractivity contribution is -0.301. The smallest absolute Gasteiger partial charge is 0.397 e. The number of aliphatic hydroxyl groups excluding tert-OH is 3. The average Bonchev–Trinajstić information content (AvgIpc) is 3.40. The number of allylic oxidation sites excluding steroid dienone is 8. The minimum atomic E-state index is -5.07. The zero-order valence-electron chi connectivity index (χ0n) is 48.6. The van der Waals surface area contributed by atoms with E-state index in [2.05, 4.69) is 66.6 Å². The van der Waals surface area contributed by atoms with Gasteiger partial charge in [-0.1, -0.05) is 249 Å². The summed E-state index contributed by atoms with van der Waals surface area (Å²) in [4.78, 5) is 13.0. The van der Waals surface area contributed by atoms with E-state index < -0.39 is 59.8 Å². The van der Waals surface area contributed by atoms with Crippen LogP contribution in [0.2, 0.25) is 0 Å². The number of hydrogen-bond donors (Lipinski definition) is 4. The van der Waals surface area contributed by atoms with Crippen molar-refractivity contribution in [2.45, 2.75) is 320 Å². The summed E-state index contributed by atoms with van der Waals surface area (Å²) in [6.07, 6.45) is 60.1. The van der Waals surface area contributed by atoms with E-state index in [1.165, 1.54) is 205 Å². The summed E-state index contributed by atoms with van der Waals surface area (Å²) in [5, 5.41) is 30.9. The lowest BCUT2D eigenvalue weighted by atomic mass is 9.99. The van der Waals surface area contributed by atoms with Crippen molar-refractivity contribution in [2.75, 3.05) is 26.4 Å². The molecule has 4 N–H and O–H groups in total. The van der Waals surface area contributed by atoms with Gasteiger partial charge in [-0.25, -0.2) is 4.18 Å². The molecule has 1 rings (SSSR count). The van der Waals surface area contributed by atoms with Gasteiger partial charge in [-0.05, 0) is 77.0 Å². The molecule has 0 saturated carbocycles. The molecule has 0 amide bonds. The molecule has 0 aromatic carbocycles. The maximum atomic E-state index is 13.0. The van der Waals surface area contributed by atoms with Crippen LogP contribution in [-0.2, 0) is 38.3 Å². The minimum Gasteiger partial charge on any atom is -0.457 e. The molecule has 0 spiro atoms. The van der Waals surface area contributed by atoms with E-state index in [1.54, 1.807) is 0 Å². The Hall–Kier alpha value is -1.94. The van der Waals surface area contributed by atoms with Crippen LogP contribution >= 0.6 is 0 Å². The standard InChI is InChI=1S/C63H116O12S/c1-3-5-7-9-11-13-15-17-19-21-23-25-27-29-30-32-34-36-38-40-42-44-46-48-50-52-59(65)73-57(56-72-63-61(67)62(75-76(68,69)70)60(66)58(54-64)74-63)55-71-53-51-49-47-45-43-41-39-37-35-33-31-28-26-24-22-20-18-16-14-12-10-8-6-4-2/h15-18,21-24,57-58,60-64,66-67H,3-14,19-20,25-56H2,1-2H3,(H,68,69,70)/b17-15-,18-16-,23-21-,24-22-. The van der Waals surface area contributed by atoms with Crippen molar-refractivity contribution in [2.24, 2.45) is 0 Å². The monoisotopic (exact) mass is 1100 g/mol. The third-order valence-electron chi connectivity index (χ3n) is 14.4. The molecule has 6 atom stereocenters. The van der Waals surface area contributed by atoms with Crippen LogP contribution in [0.3, 0.4) is 0 Å². The third kappa shape index (κ3) is 45.9. The molecule has 0 aromatic rings.